The molecule has 194 valence electrons. The van der Waals surface area contributed by atoms with Crippen LogP contribution in [0.5, 0.6) is 5.75 Å². The van der Waals surface area contributed by atoms with Crippen molar-refractivity contribution < 1.29 is 14.1 Å². The summed E-state index contributed by atoms with van der Waals surface area (Å²) in [6.07, 6.45) is 2.62. The van der Waals surface area contributed by atoms with Gasteiger partial charge < -0.3 is 24.7 Å². The van der Waals surface area contributed by atoms with E-state index in [9.17, 15) is 10.1 Å². The molecule has 2 N–H and O–H groups in total. The van der Waals surface area contributed by atoms with E-state index in [0.717, 1.165) is 24.3 Å². The topological polar surface area (TPSA) is 106 Å². The summed E-state index contributed by atoms with van der Waals surface area (Å²) in [4.78, 5) is 17.5. The molecule has 2 aromatic carbocycles. The number of hydrogen-bond donors (Lipinski definition) is 2. The highest BCUT2D eigenvalue weighted by atomic mass is 32.1. The number of rotatable bonds is 10. The van der Waals surface area contributed by atoms with E-state index < -0.39 is 4.92 Å². The lowest BCUT2D eigenvalue weighted by Crippen LogP contribution is -2.31. The molecule has 9 nitrogen and oxygen atoms in total. The number of ether oxygens (including phenoxy) is 1. The molecule has 0 spiro atoms. The molecular formula is C28H27N5O4S. The van der Waals surface area contributed by atoms with Gasteiger partial charge in [-0.2, -0.15) is 0 Å². The van der Waals surface area contributed by atoms with E-state index in [1.807, 2.05) is 60.7 Å². The Bertz CT molecular complexity index is 1410. The van der Waals surface area contributed by atoms with Crippen molar-refractivity contribution in [3.63, 3.8) is 0 Å². The Labute approximate surface area is 225 Å². The Morgan fingerprint density at radius 2 is 1.95 bits per heavy atom. The van der Waals surface area contributed by atoms with Gasteiger partial charge in [0.05, 0.1) is 35.4 Å². The van der Waals surface area contributed by atoms with Crippen molar-refractivity contribution in [2.75, 3.05) is 25.5 Å². The summed E-state index contributed by atoms with van der Waals surface area (Å²) in [7, 11) is 1.48. The second-order valence-corrected chi connectivity index (χ2v) is 9.20. The number of nitro groups is 1. The van der Waals surface area contributed by atoms with Gasteiger partial charge in [-0.25, -0.2) is 0 Å². The maximum Gasteiger partial charge on any atom is 0.273 e. The van der Waals surface area contributed by atoms with E-state index in [1.54, 1.807) is 12.3 Å². The Morgan fingerprint density at radius 3 is 2.68 bits per heavy atom. The zero-order valence-corrected chi connectivity index (χ0v) is 21.6. The van der Waals surface area contributed by atoms with Gasteiger partial charge in [0.1, 0.15) is 23.3 Å². The third-order valence-electron chi connectivity index (χ3n) is 6.46. The van der Waals surface area contributed by atoms with E-state index in [4.69, 9.17) is 21.4 Å². The number of furan rings is 1. The molecule has 1 aliphatic heterocycles. The van der Waals surface area contributed by atoms with Crippen molar-refractivity contribution in [1.82, 2.24) is 15.2 Å². The van der Waals surface area contributed by atoms with Crippen molar-refractivity contribution in [3.05, 3.63) is 107 Å². The molecule has 3 heterocycles. The molecule has 5 rings (SSSR count). The van der Waals surface area contributed by atoms with E-state index in [0.29, 0.717) is 34.5 Å². The maximum atomic E-state index is 11.2. The third-order valence-corrected chi connectivity index (χ3v) is 6.81. The molecule has 0 saturated carbocycles. The number of nitrogens with one attached hydrogen (secondary N) is 2. The Morgan fingerprint density at radius 1 is 1.13 bits per heavy atom. The van der Waals surface area contributed by atoms with Gasteiger partial charge in [-0.15, -0.1) is 0 Å². The number of thiocarbonyl (C=S) groups is 1. The van der Waals surface area contributed by atoms with E-state index >= 15 is 0 Å². The highest BCUT2D eigenvalue weighted by Gasteiger charge is 2.41. The molecule has 0 radical (unpaired) electrons. The van der Waals surface area contributed by atoms with Gasteiger partial charge in [0.25, 0.3) is 5.69 Å². The molecule has 0 aliphatic carbocycles. The molecular weight excluding hydrogens is 502 g/mol. The number of anilines is 1. The number of nitrogens with zero attached hydrogens (tertiary/aromatic N) is 3. The number of hydrogen-bond acceptors (Lipinski definition) is 7. The first-order chi connectivity index (χ1) is 18.5. The van der Waals surface area contributed by atoms with Crippen molar-refractivity contribution in [2.45, 2.75) is 18.5 Å². The maximum absolute atomic E-state index is 11.2. The molecule has 0 bridgehead atoms. The van der Waals surface area contributed by atoms with Crippen LogP contribution in [0.3, 0.4) is 0 Å². The fourth-order valence-electron chi connectivity index (χ4n) is 4.65. The van der Waals surface area contributed by atoms with E-state index in [-0.39, 0.29) is 17.8 Å². The summed E-state index contributed by atoms with van der Waals surface area (Å²) in [6, 6.07) is 23.7. The van der Waals surface area contributed by atoms with Crippen molar-refractivity contribution in [2.24, 2.45) is 0 Å². The molecule has 38 heavy (non-hydrogen) atoms. The lowest BCUT2D eigenvalue weighted by molar-refractivity contribution is -0.384. The second-order valence-electron chi connectivity index (χ2n) is 8.81. The Balaban J connectivity index is 1.41. The summed E-state index contributed by atoms with van der Waals surface area (Å²) in [5.41, 5.74) is 2.51. The first-order valence-corrected chi connectivity index (χ1v) is 12.7. The monoisotopic (exact) mass is 529 g/mol. The van der Waals surface area contributed by atoms with Gasteiger partial charge in [-0.1, -0.05) is 24.3 Å². The standard InChI is InChI=1S/C28H27N5O4S/c1-36-25-18-20(33(34)35)11-12-21(25)23-13-14-24(37-23)27-26(22-10-5-6-15-30-22)31-28(38)32(27)17-7-16-29-19-8-3-2-4-9-19/h2-6,8-15,18,26-27,29H,7,16-17H2,1H3,(H,31,38)/t26-,27+/m0/s1. The van der Waals surface area contributed by atoms with Crippen LogP contribution in [0.1, 0.15) is 30.0 Å². The molecule has 0 amide bonds. The largest absolute Gasteiger partial charge is 0.496 e. The molecule has 4 aromatic rings. The SMILES string of the molecule is COc1cc([N+](=O)[O-])ccc1-c1ccc([C@@H]2[C@H](c3ccccn3)NC(=S)N2CCCNc2ccccc2)o1. The molecule has 1 aliphatic rings. The van der Waals surface area contributed by atoms with E-state index in [2.05, 4.69) is 20.5 Å². The van der Waals surface area contributed by atoms with Gasteiger partial charge in [-0.3, -0.25) is 15.1 Å². The van der Waals surface area contributed by atoms with Gasteiger partial charge in [-0.05, 0) is 61.1 Å². The fraction of sp³-hybridized carbons (Fsp3) is 0.214. The quantitative estimate of drug-likeness (QED) is 0.115. The summed E-state index contributed by atoms with van der Waals surface area (Å²) >= 11 is 5.76. The van der Waals surface area contributed by atoms with Gasteiger partial charge in [0, 0.05) is 31.0 Å². The zero-order chi connectivity index (χ0) is 26.5. The minimum absolute atomic E-state index is 0.0479. The Kier molecular flexibility index (Phi) is 7.50. The lowest BCUT2D eigenvalue weighted by Gasteiger charge is -2.26. The molecule has 1 fully saturated rings. The van der Waals surface area contributed by atoms with Crippen LogP contribution in [0, 0.1) is 10.1 Å². The molecule has 0 unspecified atom stereocenters. The number of pyridine rings is 1. The third kappa shape index (κ3) is 5.30. The van der Waals surface area contributed by atoms with Crippen molar-refractivity contribution >= 4 is 28.7 Å². The minimum atomic E-state index is -0.451. The number of non-ortho nitro benzene ring substituents is 1. The fourth-order valence-corrected chi connectivity index (χ4v) is 4.98. The average molecular weight is 530 g/mol. The zero-order valence-electron chi connectivity index (χ0n) is 20.7. The highest BCUT2D eigenvalue weighted by Crippen LogP contribution is 2.42. The van der Waals surface area contributed by atoms with Crippen LogP contribution in [0.2, 0.25) is 0 Å². The number of nitro benzene ring substituents is 1. The number of para-hydroxylation sites is 1. The summed E-state index contributed by atoms with van der Waals surface area (Å²) < 4.78 is 11.8. The number of methoxy groups -OCH3 is 1. The number of aromatic nitrogens is 1. The summed E-state index contributed by atoms with van der Waals surface area (Å²) in [5, 5.41) is 18.7. The van der Waals surface area contributed by atoms with Crippen LogP contribution in [0.15, 0.2) is 89.5 Å². The molecule has 2 atom stereocenters. The smallest absolute Gasteiger partial charge is 0.273 e. The van der Waals surface area contributed by atoms with Crippen LogP contribution in [-0.2, 0) is 0 Å². The summed E-state index contributed by atoms with van der Waals surface area (Å²) in [5.74, 6) is 1.62. The Hall–Kier alpha value is -4.44. The van der Waals surface area contributed by atoms with Crippen molar-refractivity contribution in [1.29, 1.82) is 0 Å². The average Bonchev–Trinajstić information content (AvgIpc) is 3.56. The van der Waals surface area contributed by atoms with Crippen LogP contribution in [-0.4, -0.2) is 40.1 Å². The molecule has 10 heteroatoms. The normalized spacial score (nSPS) is 16.8. The predicted molar refractivity (Wildman–Crippen MR) is 149 cm³/mol. The van der Waals surface area contributed by atoms with E-state index in [1.165, 1.54) is 19.2 Å². The molecule has 1 saturated heterocycles. The van der Waals surface area contributed by atoms with Crippen molar-refractivity contribution in [3.8, 4) is 17.1 Å². The number of benzene rings is 2. The highest BCUT2D eigenvalue weighted by molar-refractivity contribution is 7.80. The first kappa shape index (κ1) is 25.2. The van der Waals surface area contributed by atoms with Gasteiger partial charge >= 0.3 is 0 Å². The summed E-state index contributed by atoms with van der Waals surface area (Å²) in [6.45, 7) is 1.49. The van der Waals surface area contributed by atoms with Crippen LogP contribution in [0.4, 0.5) is 11.4 Å². The first-order valence-electron chi connectivity index (χ1n) is 12.2. The van der Waals surface area contributed by atoms with Crippen LogP contribution in [0.25, 0.3) is 11.3 Å². The minimum Gasteiger partial charge on any atom is -0.496 e. The van der Waals surface area contributed by atoms with Gasteiger partial charge in [0.2, 0.25) is 0 Å². The second kappa shape index (κ2) is 11.3. The van der Waals surface area contributed by atoms with Crippen LogP contribution < -0.4 is 15.4 Å². The molecule has 2 aromatic heterocycles. The lowest BCUT2D eigenvalue weighted by atomic mass is 10.0. The van der Waals surface area contributed by atoms with Gasteiger partial charge in [0.15, 0.2) is 5.11 Å². The van der Waals surface area contributed by atoms with Crippen LogP contribution >= 0.6 is 12.2 Å². The predicted octanol–water partition coefficient (Wildman–Crippen LogP) is 5.73.